The molecule has 2 bridgehead atoms. The number of likely N-dealkylation sites (tertiary alicyclic amines) is 1. The molecule has 1 aromatic heterocycles. The molecule has 0 radical (unpaired) electrons. The van der Waals surface area contributed by atoms with Gasteiger partial charge in [0.15, 0.2) is 0 Å². The predicted molar refractivity (Wildman–Crippen MR) is 99.5 cm³/mol. The van der Waals surface area contributed by atoms with Crippen LogP contribution in [0.4, 0.5) is 0 Å². The number of benzene rings is 2. The first-order valence-electron chi connectivity index (χ1n) is 8.73. The first kappa shape index (κ1) is 14.6. The molecule has 122 valence electrons. The monoisotopic (exact) mass is 335 g/mol. The van der Waals surface area contributed by atoms with E-state index in [0.29, 0.717) is 0 Å². The minimum atomic E-state index is 0.730. The quantitative estimate of drug-likeness (QED) is 0.792. The van der Waals surface area contributed by atoms with Crippen LogP contribution in [-0.4, -0.2) is 35.1 Å². The zero-order chi connectivity index (χ0) is 15.9. The summed E-state index contributed by atoms with van der Waals surface area (Å²) >= 11 is 1.80. The molecule has 3 nitrogen and oxygen atoms in total. The maximum atomic E-state index is 4.74. The molecule has 2 aromatic carbocycles. The third-order valence-corrected chi connectivity index (χ3v) is 6.31. The highest BCUT2D eigenvalue weighted by atomic mass is 32.1. The van der Waals surface area contributed by atoms with Crippen LogP contribution in [0.2, 0.25) is 0 Å². The Hall–Kier alpha value is -1.75. The van der Waals surface area contributed by atoms with E-state index in [1.54, 1.807) is 11.3 Å². The molecule has 0 saturated carbocycles. The van der Waals surface area contributed by atoms with Crippen molar-refractivity contribution < 1.29 is 0 Å². The number of thiazole rings is 1. The molecular formula is C20H21N3S. The zero-order valence-corrected chi connectivity index (χ0v) is 14.4. The van der Waals surface area contributed by atoms with Crippen molar-refractivity contribution in [3.63, 3.8) is 0 Å². The Bertz CT molecular complexity index is 822. The Balaban J connectivity index is 1.27. The van der Waals surface area contributed by atoms with E-state index >= 15 is 0 Å². The van der Waals surface area contributed by atoms with Crippen molar-refractivity contribution in [1.82, 2.24) is 15.2 Å². The van der Waals surface area contributed by atoms with Crippen molar-refractivity contribution in [3.05, 3.63) is 64.7 Å². The van der Waals surface area contributed by atoms with Gasteiger partial charge in [-0.3, -0.25) is 4.90 Å². The molecule has 2 aliphatic heterocycles. The van der Waals surface area contributed by atoms with E-state index in [1.165, 1.54) is 40.3 Å². The number of nitrogens with zero attached hydrogens (tertiary/aromatic N) is 2. The molecule has 0 aliphatic carbocycles. The number of aromatic nitrogens is 1. The van der Waals surface area contributed by atoms with E-state index < -0.39 is 0 Å². The van der Waals surface area contributed by atoms with Crippen molar-refractivity contribution in [2.45, 2.75) is 31.5 Å². The molecular weight excluding hydrogens is 314 g/mol. The maximum absolute atomic E-state index is 4.74. The molecule has 3 aromatic rings. The van der Waals surface area contributed by atoms with Crippen molar-refractivity contribution in [2.75, 3.05) is 13.1 Å². The summed E-state index contributed by atoms with van der Waals surface area (Å²) in [5.41, 5.74) is 3.89. The van der Waals surface area contributed by atoms with Crippen LogP contribution in [0.3, 0.4) is 0 Å². The van der Waals surface area contributed by atoms with Crippen molar-refractivity contribution in [1.29, 1.82) is 0 Å². The normalized spacial score (nSPS) is 23.3. The number of para-hydroxylation sites is 1. The highest BCUT2D eigenvalue weighted by molar-refractivity contribution is 7.18. The van der Waals surface area contributed by atoms with Crippen LogP contribution in [0, 0.1) is 0 Å². The van der Waals surface area contributed by atoms with Crippen LogP contribution in [-0.2, 0) is 13.0 Å². The second kappa shape index (κ2) is 5.96. The first-order valence-corrected chi connectivity index (χ1v) is 9.55. The van der Waals surface area contributed by atoms with Gasteiger partial charge in [-0.15, -0.1) is 11.3 Å². The lowest BCUT2D eigenvalue weighted by Gasteiger charge is -2.27. The molecule has 3 heterocycles. The molecule has 4 heteroatoms. The number of hydrogen-bond donors (Lipinski definition) is 1. The average Bonchev–Trinajstić information content (AvgIpc) is 3.31. The fraction of sp³-hybridized carbons (Fsp3) is 0.350. The summed E-state index contributed by atoms with van der Waals surface area (Å²) in [5.74, 6) is 0. The predicted octanol–water partition coefficient (Wildman–Crippen LogP) is 3.43. The van der Waals surface area contributed by atoms with Gasteiger partial charge >= 0.3 is 0 Å². The maximum Gasteiger partial charge on any atom is 0.0982 e. The summed E-state index contributed by atoms with van der Waals surface area (Å²) in [5, 5.41) is 4.77. The third kappa shape index (κ3) is 2.75. The topological polar surface area (TPSA) is 28.2 Å². The van der Waals surface area contributed by atoms with Gasteiger partial charge in [0.1, 0.15) is 0 Å². The molecule has 0 amide bonds. The highest BCUT2D eigenvalue weighted by Gasteiger charge is 2.37. The Morgan fingerprint density at radius 3 is 2.67 bits per heavy atom. The van der Waals surface area contributed by atoms with Gasteiger partial charge in [-0.25, -0.2) is 4.98 Å². The molecule has 24 heavy (non-hydrogen) atoms. The molecule has 2 unspecified atom stereocenters. The van der Waals surface area contributed by atoms with Gasteiger partial charge in [0.2, 0.25) is 0 Å². The Morgan fingerprint density at radius 2 is 1.92 bits per heavy atom. The smallest absolute Gasteiger partial charge is 0.0982 e. The molecule has 2 aliphatic rings. The van der Waals surface area contributed by atoms with Crippen LogP contribution in [0.5, 0.6) is 0 Å². The lowest BCUT2D eigenvalue weighted by molar-refractivity contribution is 0.218. The van der Waals surface area contributed by atoms with Crippen molar-refractivity contribution in [2.24, 2.45) is 0 Å². The third-order valence-electron chi connectivity index (χ3n) is 5.27. The fourth-order valence-electron chi connectivity index (χ4n) is 4.01. The summed E-state index contributed by atoms with van der Waals surface area (Å²) in [6.45, 7) is 3.46. The van der Waals surface area contributed by atoms with Gasteiger partial charge in [-0.2, -0.15) is 0 Å². The zero-order valence-electron chi connectivity index (χ0n) is 13.6. The van der Waals surface area contributed by atoms with Crippen molar-refractivity contribution in [3.8, 4) is 0 Å². The molecule has 2 fully saturated rings. The summed E-state index contributed by atoms with van der Waals surface area (Å²) in [7, 11) is 0. The lowest BCUT2D eigenvalue weighted by Crippen LogP contribution is -2.42. The second-order valence-electron chi connectivity index (χ2n) is 6.99. The van der Waals surface area contributed by atoms with E-state index in [1.807, 2.05) is 0 Å². The van der Waals surface area contributed by atoms with Crippen LogP contribution < -0.4 is 5.32 Å². The van der Waals surface area contributed by atoms with E-state index in [-0.39, 0.29) is 0 Å². The van der Waals surface area contributed by atoms with E-state index in [4.69, 9.17) is 4.98 Å². The Labute approximate surface area is 146 Å². The van der Waals surface area contributed by atoms with Crippen LogP contribution in [0.25, 0.3) is 10.2 Å². The molecule has 2 atom stereocenters. The van der Waals surface area contributed by atoms with Gasteiger partial charge < -0.3 is 5.32 Å². The summed E-state index contributed by atoms with van der Waals surface area (Å²) in [6.07, 6.45) is 2.26. The Morgan fingerprint density at radius 1 is 1.08 bits per heavy atom. The van der Waals surface area contributed by atoms with E-state index in [9.17, 15) is 0 Å². The lowest BCUT2D eigenvalue weighted by atomic mass is 10.1. The fourth-order valence-corrected chi connectivity index (χ4v) is 5.01. The van der Waals surface area contributed by atoms with E-state index in [2.05, 4.69) is 58.7 Å². The van der Waals surface area contributed by atoms with Gasteiger partial charge in [-0.1, -0.05) is 36.4 Å². The molecule has 1 N–H and O–H groups in total. The molecule has 2 saturated heterocycles. The van der Waals surface area contributed by atoms with Gasteiger partial charge in [0, 0.05) is 38.1 Å². The number of piperazine rings is 1. The minimum Gasteiger partial charge on any atom is -0.311 e. The Kier molecular flexibility index (Phi) is 3.62. The number of rotatable bonds is 4. The van der Waals surface area contributed by atoms with Gasteiger partial charge in [-0.05, 0) is 29.7 Å². The SMILES string of the molecule is c1ccc2sc(Cc3ccc(CN4CC5CC4CN5)cc3)nc2c1. The number of hydrogen-bond acceptors (Lipinski definition) is 4. The minimum absolute atomic E-state index is 0.730. The standard InChI is InChI=1S/C20H21N3S/c1-2-4-19-18(3-1)22-20(24-19)9-14-5-7-15(8-6-14)12-23-13-16-10-17(23)11-21-16/h1-8,16-17,21H,9-13H2. The molecule has 5 rings (SSSR count). The number of fused-ring (bicyclic) bond motifs is 3. The van der Waals surface area contributed by atoms with Crippen LogP contribution >= 0.6 is 11.3 Å². The largest absolute Gasteiger partial charge is 0.311 e. The van der Waals surface area contributed by atoms with Gasteiger partial charge in [0.25, 0.3) is 0 Å². The van der Waals surface area contributed by atoms with Crippen LogP contribution in [0.1, 0.15) is 22.6 Å². The molecule has 0 spiro atoms. The second-order valence-corrected chi connectivity index (χ2v) is 8.11. The van der Waals surface area contributed by atoms with Crippen molar-refractivity contribution >= 4 is 21.6 Å². The number of nitrogens with one attached hydrogen (secondary N) is 1. The summed E-state index contributed by atoms with van der Waals surface area (Å²) in [4.78, 5) is 7.37. The average molecular weight is 335 g/mol. The summed E-state index contributed by atoms with van der Waals surface area (Å²) in [6, 6.07) is 19.0. The summed E-state index contributed by atoms with van der Waals surface area (Å²) < 4.78 is 1.28. The van der Waals surface area contributed by atoms with Gasteiger partial charge in [0.05, 0.1) is 15.2 Å². The van der Waals surface area contributed by atoms with Crippen LogP contribution in [0.15, 0.2) is 48.5 Å². The first-order chi connectivity index (χ1) is 11.8. The highest BCUT2D eigenvalue weighted by Crippen LogP contribution is 2.26. The van der Waals surface area contributed by atoms with E-state index in [0.717, 1.165) is 30.6 Å².